The molecule has 0 atom stereocenters. The van der Waals surface area contributed by atoms with Crippen molar-refractivity contribution in [2.75, 3.05) is 6.54 Å². The van der Waals surface area contributed by atoms with Crippen LogP contribution in [0.2, 0.25) is 0 Å². The van der Waals surface area contributed by atoms with E-state index in [9.17, 15) is 0 Å². The number of aryl methyl sites for hydroxylation is 2. The summed E-state index contributed by atoms with van der Waals surface area (Å²) >= 11 is 3.68. The second-order valence-corrected chi connectivity index (χ2v) is 6.80. The Bertz CT molecular complexity index is 435. The first-order valence-electron chi connectivity index (χ1n) is 7.70. The van der Waals surface area contributed by atoms with Crippen LogP contribution in [0.3, 0.4) is 0 Å². The molecule has 1 saturated carbocycles. The van der Waals surface area contributed by atoms with Crippen molar-refractivity contribution in [3.63, 3.8) is 0 Å². The SMILES string of the molecule is CCCN(Cc1c(Br)c(C)nn1C)C1CCC(N)CC1. The van der Waals surface area contributed by atoms with E-state index in [4.69, 9.17) is 5.73 Å². The van der Waals surface area contributed by atoms with Gasteiger partial charge in [-0.05, 0) is 61.5 Å². The summed E-state index contributed by atoms with van der Waals surface area (Å²) in [5, 5.41) is 4.50. The Balaban J connectivity index is 2.09. The lowest BCUT2D eigenvalue weighted by atomic mass is 9.90. The number of hydrogen-bond donors (Lipinski definition) is 1. The molecule has 0 spiro atoms. The molecule has 0 aliphatic heterocycles. The zero-order chi connectivity index (χ0) is 14.7. The fourth-order valence-electron chi connectivity index (χ4n) is 3.19. The maximum Gasteiger partial charge on any atom is 0.0739 e. The molecule has 2 N–H and O–H groups in total. The van der Waals surface area contributed by atoms with Crippen LogP contribution in [0.15, 0.2) is 4.47 Å². The molecule has 0 unspecified atom stereocenters. The average Bonchev–Trinajstić information content (AvgIpc) is 2.65. The number of rotatable bonds is 5. The molecule has 1 heterocycles. The highest BCUT2D eigenvalue weighted by molar-refractivity contribution is 9.10. The standard InChI is InChI=1S/C15H27BrN4/c1-4-9-20(13-7-5-12(17)6-8-13)10-14-15(16)11(2)18-19(14)3/h12-13H,4-10,17H2,1-3H3. The predicted molar refractivity (Wildman–Crippen MR) is 86.6 cm³/mol. The Morgan fingerprint density at radius 1 is 1.35 bits per heavy atom. The zero-order valence-corrected chi connectivity index (χ0v) is 14.5. The average molecular weight is 343 g/mol. The number of aromatic nitrogens is 2. The van der Waals surface area contributed by atoms with E-state index < -0.39 is 0 Å². The van der Waals surface area contributed by atoms with Crippen LogP contribution >= 0.6 is 15.9 Å². The molecule has 1 aliphatic rings. The minimum absolute atomic E-state index is 0.417. The van der Waals surface area contributed by atoms with E-state index in [1.165, 1.54) is 25.0 Å². The Kier molecular flexibility index (Phi) is 5.64. The van der Waals surface area contributed by atoms with E-state index >= 15 is 0 Å². The van der Waals surface area contributed by atoms with Gasteiger partial charge in [0.15, 0.2) is 0 Å². The molecule has 0 aromatic carbocycles. The van der Waals surface area contributed by atoms with E-state index in [1.807, 2.05) is 11.7 Å². The summed E-state index contributed by atoms with van der Waals surface area (Å²) in [6.45, 7) is 6.44. The molecular weight excluding hydrogens is 316 g/mol. The molecule has 0 radical (unpaired) electrons. The topological polar surface area (TPSA) is 47.1 Å². The van der Waals surface area contributed by atoms with Crippen LogP contribution in [0.25, 0.3) is 0 Å². The molecule has 0 saturated heterocycles. The van der Waals surface area contributed by atoms with E-state index in [0.717, 1.165) is 36.1 Å². The summed E-state index contributed by atoms with van der Waals surface area (Å²) < 4.78 is 3.17. The molecule has 114 valence electrons. The van der Waals surface area contributed by atoms with Gasteiger partial charge in [-0.25, -0.2) is 0 Å². The van der Waals surface area contributed by atoms with Gasteiger partial charge in [0.2, 0.25) is 0 Å². The van der Waals surface area contributed by atoms with Crippen LogP contribution in [0, 0.1) is 6.92 Å². The van der Waals surface area contributed by atoms with Gasteiger partial charge in [-0.3, -0.25) is 9.58 Å². The Labute approximate surface area is 130 Å². The molecule has 0 amide bonds. The summed E-state index contributed by atoms with van der Waals surface area (Å²) in [6.07, 6.45) is 5.98. The maximum atomic E-state index is 6.04. The third-order valence-corrected chi connectivity index (χ3v) is 5.41. The Hall–Kier alpha value is -0.390. The fourth-order valence-corrected chi connectivity index (χ4v) is 3.65. The Morgan fingerprint density at radius 2 is 2.00 bits per heavy atom. The van der Waals surface area contributed by atoms with E-state index in [1.54, 1.807) is 0 Å². The molecule has 4 nitrogen and oxygen atoms in total. The van der Waals surface area contributed by atoms with Crippen LogP contribution in [0.5, 0.6) is 0 Å². The molecule has 2 rings (SSSR count). The molecule has 1 aliphatic carbocycles. The summed E-state index contributed by atoms with van der Waals surface area (Å²) in [7, 11) is 2.04. The second kappa shape index (κ2) is 7.05. The van der Waals surface area contributed by atoms with Gasteiger partial charge in [-0.1, -0.05) is 6.92 Å². The molecule has 1 fully saturated rings. The minimum atomic E-state index is 0.417. The van der Waals surface area contributed by atoms with Crippen molar-refractivity contribution in [1.82, 2.24) is 14.7 Å². The molecule has 0 bridgehead atoms. The largest absolute Gasteiger partial charge is 0.328 e. The smallest absolute Gasteiger partial charge is 0.0739 e. The highest BCUT2D eigenvalue weighted by atomic mass is 79.9. The lowest BCUT2D eigenvalue weighted by molar-refractivity contribution is 0.138. The number of halogens is 1. The molecule has 1 aromatic rings. The predicted octanol–water partition coefficient (Wildman–Crippen LogP) is 2.97. The van der Waals surface area contributed by atoms with Crippen molar-refractivity contribution in [3.05, 3.63) is 15.9 Å². The first-order chi connectivity index (χ1) is 9.52. The molecule has 1 aromatic heterocycles. The third-order valence-electron chi connectivity index (χ3n) is 4.38. The van der Waals surface area contributed by atoms with Gasteiger partial charge < -0.3 is 5.73 Å². The zero-order valence-electron chi connectivity index (χ0n) is 12.9. The first kappa shape index (κ1) is 16.0. The highest BCUT2D eigenvalue weighted by Gasteiger charge is 2.25. The normalized spacial score (nSPS) is 23.5. The number of hydrogen-bond acceptors (Lipinski definition) is 3. The summed E-state index contributed by atoms with van der Waals surface area (Å²) in [5.74, 6) is 0. The van der Waals surface area contributed by atoms with Gasteiger partial charge in [0.25, 0.3) is 0 Å². The highest BCUT2D eigenvalue weighted by Crippen LogP contribution is 2.27. The monoisotopic (exact) mass is 342 g/mol. The van der Waals surface area contributed by atoms with E-state index in [2.05, 4.69) is 39.8 Å². The van der Waals surface area contributed by atoms with Crippen LogP contribution in [-0.4, -0.2) is 33.3 Å². The van der Waals surface area contributed by atoms with Crippen molar-refractivity contribution < 1.29 is 0 Å². The molecular formula is C15H27BrN4. The van der Waals surface area contributed by atoms with Crippen LogP contribution in [-0.2, 0) is 13.6 Å². The Morgan fingerprint density at radius 3 is 2.50 bits per heavy atom. The first-order valence-corrected chi connectivity index (χ1v) is 8.49. The van der Waals surface area contributed by atoms with Gasteiger partial charge in [0, 0.05) is 25.7 Å². The molecule has 5 heteroatoms. The number of nitrogens with two attached hydrogens (primary N) is 1. The third kappa shape index (κ3) is 3.62. The van der Waals surface area contributed by atoms with E-state index in [-0.39, 0.29) is 0 Å². The van der Waals surface area contributed by atoms with Crippen molar-refractivity contribution in [1.29, 1.82) is 0 Å². The van der Waals surface area contributed by atoms with Crippen LogP contribution < -0.4 is 5.73 Å². The van der Waals surface area contributed by atoms with Crippen LogP contribution in [0.4, 0.5) is 0 Å². The maximum absolute atomic E-state index is 6.04. The summed E-state index contributed by atoms with van der Waals surface area (Å²) in [6, 6.07) is 1.09. The van der Waals surface area contributed by atoms with Crippen molar-refractivity contribution >= 4 is 15.9 Å². The summed E-state index contributed by atoms with van der Waals surface area (Å²) in [5.41, 5.74) is 8.39. The molecule has 20 heavy (non-hydrogen) atoms. The van der Waals surface area contributed by atoms with Gasteiger partial charge in [0.05, 0.1) is 15.9 Å². The quantitative estimate of drug-likeness (QED) is 0.894. The van der Waals surface area contributed by atoms with E-state index in [0.29, 0.717) is 12.1 Å². The fraction of sp³-hybridized carbons (Fsp3) is 0.800. The lowest BCUT2D eigenvalue weighted by Gasteiger charge is -2.36. The minimum Gasteiger partial charge on any atom is -0.328 e. The van der Waals surface area contributed by atoms with Crippen molar-refractivity contribution in [2.24, 2.45) is 12.8 Å². The lowest BCUT2D eigenvalue weighted by Crippen LogP contribution is -2.41. The second-order valence-electron chi connectivity index (χ2n) is 6.01. The number of nitrogens with zero attached hydrogens (tertiary/aromatic N) is 3. The summed E-state index contributed by atoms with van der Waals surface area (Å²) in [4.78, 5) is 2.62. The van der Waals surface area contributed by atoms with Crippen molar-refractivity contribution in [2.45, 2.75) is 64.6 Å². The van der Waals surface area contributed by atoms with Crippen LogP contribution in [0.1, 0.15) is 50.4 Å². The van der Waals surface area contributed by atoms with Gasteiger partial charge in [-0.15, -0.1) is 0 Å². The van der Waals surface area contributed by atoms with Gasteiger partial charge in [0.1, 0.15) is 0 Å². The van der Waals surface area contributed by atoms with Crippen molar-refractivity contribution in [3.8, 4) is 0 Å². The van der Waals surface area contributed by atoms with Gasteiger partial charge in [-0.2, -0.15) is 5.10 Å². The van der Waals surface area contributed by atoms with Gasteiger partial charge >= 0.3 is 0 Å².